The fraction of sp³-hybridized carbons (Fsp3) is 0.727. The average molecular weight is 227 g/mol. The van der Waals surface area contributed by atoms with Crippen LogP contribution in [0.5, 0.6) is 0 Å². The summed E-state index contributed by atoms with van der Waals surface area (Å²) in [6.07, 6.45) is 0.110. The van der Waals surface area contributed by atoms with Crippen LogP contribution in [0.25, 0.3) is 0 Å². The third-order valence-electron chi connectivity index (χ3n) is 1.89. The van der Waals surface area contributed by atoms with Gasteiger partial charge in [0.25, 0.3) is 0 Å². The van der Waals surface area contributed by atoms with Gasteiger partial charge in [0.1, 0.15) is 12.2 Å². The lowest BCUT2D eigenvalue weighted by atomic mass is 10.1. The number of ether oxygens (including phenoxy) is 1. The van der Waals surface area contributed by atoms with Crippen LogP contribution < -0.4 is 0 Å². The molecule has 0 heterocycles. The summed E-state index contributed by atoms with van der Waals surface area (Å²) in [6.45, 7) is 2.29. The first kappa shape index (κ1) is 14.6. The van der Waals surface area contributed by atoms with Crippen molar-refractivity contribution in [3.63, 3.8) is 0 Å². The molecule has 0 radical (unpaired) electrons. The van der Waals surface area contributed by atoms with Gasteiger partial charge in [0.2, 0.25) is 0 Å². The van der Waals surface area contributed by atoms with Crippen LogP contribution in [0, 0.1) is 11.3 Å². The predicted octanol–water partition coefficient (Wildman–Crippen LogP) is 0.954. The van der Waals surface area contributed by atoms with E-state index in [9.17, 15) is 9.59 Å². The minimum absolute atomic E-state index is 0.101. The van der Waals surface area contributed by atoms with E-state index in [0.29, 0.717) is 6.61 Å². The van der Waals surface area contributed by atoms with Crippen LogP contribution in [0.3, 0.4) is 0 Å². The Balaban J connectivity index is 3.70. The Morgan fingerprint density at radius 2 is 2.19 bits per heavy atom. The first-order valence-electron chi connectivity index (χ1n) is 5.32. The summed E-state index contributed by atoms with van der Waals surface area (Å²) < 4.78 is 4.79. The van der Waals surface area contributed by atoms with Crippen molar-refractivity contribution in [2.75, 3.05) is 6.61 Å². The standard InChI is InChI=1S/C11H17NO4/c1-2-3-6-16-11(15)8-10(14)7-9(13)4-5-12/h9,13H,2-4,6-8H2,1H3. The molecule has 5 heteroatoms. The third-order valence-corrected chi connectivity index (χ3v) is 1.89. The number of nitrogens with zero attached hydrogens (tertiary/aromatic N) is 1. The quantitative estimate of drug-likeness (QED) is 0.379. The lowest BCUT2D eigenvalue weighted by Gasteiger charge is -2.05. The highest BCUT2D eigenvalue weighted by Gasteiger charge is 2.14. The van der Waals surface area contributed by atoms with E-state index in [0.717, 1.165) is 12.8 Å². The number of nitriles is 1. The van der Waals surface area contributed by atoms with Crippen molar-refractivity contribution in [3.05, 3.63) is 0 Å². The highest BCUT2D eigenvalue weighted by molar-refractivity contribution is 5.95. The molecule has 0 aromatic carbocycles. The number of carbonyl (C=O) groups excluding carboxylic acids is 2. The predicted molar refractivity (Wildman–Crippen MR) is 56.3 cm³/mol. The Bertz CT molecular complexity index is 270. The van der Waals surface area contributed by atoms with Gasteiger partial charge >= 0.3 is 5.97 Å². The van der Waals surface area contributed by atoms with Gasteiger partial charge in [-0.2, -0.15) is 5.26 Å². The zero-order chi connectivity index (χ0) is 12.4. The molecule has 1 unspecified atom stereocenters. The van der Waals surface area contributed by atoms with Gasteiger partial charge in [0, 0.05) is 6.42 Å². The number of Topliss-reactive ketones (excluding diaryl/α,β-unsaturated/α-hetero) is 1. The van der Waals surface area contributed by atoms with Crippen molar-refractivity contribution in [1.82, 2.24) is 0 Å². The number of carbonyl (C=O) groups is 2. The Kier molecular flexibility index (Phi) is 8.08. The first-order valence-corrected chi connectivity index (χ1v) is 5.32. The smallest absolute Gasteiger partial charge is 0.313 e. The molecule has 1 atom stereocenters. The van der Waals surface area contributed by atoms with E-state index in [1.54, 1.807) is 6.07 Å². The summed E-state index contributed by atoms with van der Waals surface area (Å²) in [4.78, 5) is 22.3. The van der Waals surface area contributed by atoms with E-state index in [1.807, 2.05) is 6.92 Å². The van der Waals surface area contributed by atoms with Crippen LogP contribution in [0.2, 0.25) is 0 Å². The molecule has 0 fully saturated rings. The summed E-state index contributed by atoms with van der Waals surface area (Å²) in [6, 6.07) is 1.75. The average Bonchev–Trinajstić information content (AvgIpc) is 2.17. The van der Waals surface area contributed by atoms with Gasteiger partial charge in [-0.1, -0.05) is 13.3 Å². The maximum atomic E-state index is 11.2. The van der Waals surface area contributed by atoms with E-state index < -0.39 is 17.9 Å². The van der Waals surface area contributed by atoms with Gasteiger partial charge in [-0.15, -0.1) is 0 Å². The van der Waals surface area contributed by atoms with Crippen molar-refractivity contribution in [2.45, 2.75) is 45.1 Å². The number of ketones is 1. The molecule has 0 bridgehead atoms. The topological polar surface area (TPSA) is 87.4 Å². The van der Waals surface area contributed by atoms with Crippen molar-refractivity contribution in [3.8, 4) is 6.07 Å². The lowest BCUT2D eigenvalue weighted by Crippen LogP contribution is -2.17. The molecule has 0 aromatic heterocycles. The molecule has 16 heavy (non-hydrogen) atoms. The second-order valence-corrected chi connectivity index (χ2v) is 3.51. The van der Waals surface area contributed by atoms with Gasteiger partial charge in [0.05, 0.1) is 25.2 Å². The molecule has 0 aromatic rings. The fourth-order valence-electron chi connectivity index (χ4n) is 1.05. The van der Waals surface area contributed by atoms with Gasteiger partial charge < -0.3 is 9.84 Å². The molecule has 0 aliphatic carbocycles. The molecule has 0 saturated carbocycles. The Morgan fingerprint density at radius 1 is 1.50 bits per heavy atom. The van der Waals surface area contributed by atoms with Gasteiger partial charge in [-0.3, -0.25) is 9.59 Å². The molecular weight excluding hydrogens is 210 g/mol. The maximum Gasteiger partial charge on any atom is 0.313 e. The van der Waals surface area contributed by atoms with Crippen molar-refractivity contribution >= 4 is 11.8 Å². The van der Waals surface area contributed by atoms with Crippen molar-refractivity contribution in [2.24, 2.45) is 0 Å². The highest BCUT2D eigenvalue weighted by Crippen LogP contribution is 2.02. The van der Waals surface area contributed by atoms with E-state index in [-0.39, 0.29) is 19.3 Å². The molecule has 0 saturated heterocycles. The van der Waals surface area contributed by atoms with Gasteiger partial charge in [-0.05, 0) is 6.42 Å². The van der Waals surface area contributed by atoms with Crippen LogP contribution in [0.4, 0.5) is 0 Å². The van der Waals surface area contributed by atoms with Crippen molar-refractivity contribution < 1.29 is 19.4 Å². The molecule has 1 N–H and O–H groups in total. The van der Waals surface area contributed by atoms with E-state index in [2.05, 4.69) is 0 Å². The summed E-state index contributed by atoms with van der Waals surface area (Å²) in [7, 11) is 0. The van der Waals surface area contributed by atoms with E-state index in [4.69, 9.17) is 15.1 Å². The summed E-state index contributed by atoms with van der Waals surface area (Å²) >= 11 is 0. The highest BCUT2D eigenvalue weighted by atomic mass is 16.5. The second kappa shape index (κ2) is 8.86. The zero-order valence-corrected chi connectivity index (χ0v) is 9.44. The minimum Gasteiger partial charge on any atom is -0.465 e. The van der Waals surface area contributed by atoms with Gasteiger partial charge in [0.15, 0.2) is 0 Å². The van der Waals surface area contributed by atoms with Crippen LogP contribution in [0.1, 0.15) is 39.0 Å². The van der Waals surface area contributed by atoms with Gasteiger partial charge in [-0.25, -0.2) is 0 Å². The largest absolute Gasteiger partial charge is 0.465 e. The van der Waals surface area contributed by atoms with E-state index >= 15 is 0 Å². The molecule has 0 spiro atoms. The number of unbranched alkanes of at least 4 members (excludes halogenated alkanes) is 1. The SMILES string of the molecule is CCCCOC(=O)CC(=O)CC(O)CC#N. The van der Waals surface area contributed by atoms with E-state index in [1.165, 1.54) is 0 Å². The van der Waals surface area contributed by atoms with Crippen molar-refractivity contribution in [1.29, 1.82) is 5.26 Å². The van der Waals surface area contributed by atoms with Crippen LogP contribution in [-0.2, 0) is 14.3 Å². The number of esters is 1. The molecule has 0 amide bonds. The molecule has 0 rings (SSSR count). The fourth-order valence-corrected chi connectivity index (χ4v) is 1.05. The van der Waals surface area contributed by atoms with Crippen LogP contribution in [-0.4, -0.2) is 29.6 Å². The summed E-state index contributed by atoms with van der Waals surface area (Å²) in [5, 5.41) is 17.4. The summed E-state index contributed by atoms with van der Waals surface area (Å²) in [5.41, 5.74) is 0. The number of rotatable bonds is 8. The summed E-state index contributed by atoms with van der Waals surface area (Å²) in [5.74, 6) is -0.966. The number of hydrogen-bond acceptors (Lipinski definition) is 5. The molecule has 0 aliphatic heterocycles. The number of aliphatic hydroxyl groups is 1. The Morgan fingerprint density at radius 3 is 2.75 bits per heavy atom. The minimum atomic E-state index is -0.985. The molecule has 5 nitrogen and oxygen atoms in total. The zero-order valence-electron chi connectivity index (χ0n) is 9.44. The third kappa shape index (κ3) is 7.94. The normalized spacial score (nSPS) is 11.6. The monoisotopic (exact) mass is 227 g/mol. The maximum absolute atomic E-state index is 11.2. The lowest BCUT2D eigenvalue weighted by molar-refractivity contribution is -0.146. The Labute approximate surface area is 95.0 Å². The molecular formula is C11H17NO4. The van der Waals surface area contributed by atoms with Crippen LogP contribution in [0.15, 0.2) is 0 Å². The first-order chi connectivity index (χ1) is 7.60. The number of aliphatic hydroxyl groups excluding tert-OH is 1. The second-order valence-electron chi connectivity index (χ2n) is 3.51. The molecule has 0 aliphatic rings. The number of hydrogen-bond donors (Lipinski definition) is 1. The molecule has 90 valence electrons. The Hall–Kier alpha value is -1.41. The van der Waals surface area contributed by atoms with Crippen LogP contribution >= 0.6 is 0 Å².